The number of hydrogen-bond acceptors (Lipinski definition) is 3. The zero-order valence-electron chi connectivity index (χ0n) is 15.5. The number of anilines is 1. The second-order valence-corrected chi connectivity index (χ2v) is 9.80. The van der Waals surface area contributed by atoms with Gasteiger partial charge < -0.3 is 5.32 Å². The zero-order valence-corrected chi connectivity index (χ0v) is 17.8. The molecule has 150 valence electrons. The van der Waals surface area contributed by atoms with Gasteiger partial charge in [-0.05, 0) is 55.2 Å². The Morgan fingerprint density at radius 1 is 1.21 bits per heavy atom. The Morgan fingerprint density at radius 2 is 1.96 bits per heavy atom. The van der Waals surface area contributed by atoms with Crippen LogP contribution < -0.4 is 5.32 Å². The molecule has 0 aromatic heterocycles. The summed E-state index contributed by atoms with van der Waals surface area (Å²) in [5.41, 5.74) is 2.07. The van der Waals surface area contributed by atoms with Crippen LogP contribution >= 0.6 is 23.2 Å². The second-order valence-electron chi connectivity index (χ2n) is 6.98. The molecule has 2 aromatic carbocycles. The fourth-order valence-electron chi connectivity index (χ4n) is 3.32. The van der Waals surface area contributed by atoms with E-state index in [2.05, 4.69) is 5.32 Å². The van der Waals surface area contributed by atoms with E-state index in [-0.39, 0.29) is 18.2 Å². The third-order valence-electron chi connectivity index (χ3n) is 4.91. The molecule has 1 amide bonds. The predicted molar refractivity (Wildman–Crippen MR) is 113 cm³/mol. The van der Waals surface area contributed by atoms with Gasteiger partial charge in [0.05, 0.1) is 11.7 Å². The summed E-state index contributed by atoms with van der Waals surface area (Å²) in [4.78, 5) is 12.7. The molecule has 1 aliphatic rings. The van der Waals surface area contributed by atoms with Crippen LogP contribution in [-0.4, -0.2) is 31.7 Å². The van der Waals surface area contributed by atoms with E-state index in [0.717, 1.165) is 5.56 Å². The van der Waals surface area contributed by atoms with Crippen LogP contribution in [0.2, 0.25) is 10.0 Å². The highest BCUT2D eigenvalue weighted by atomic mass is 35.5. The molecule has 0 bridgehead atoms. The Labute approximate surface area is 175 Å². The maximum atomic E-state index is 12.8. The number of halogens is 2. The van der Waals surface area contributed by atoms with Crippen LogP contribution in [0.3, 0.4) is 0 Å². The topological polar surface area (TPSA) is 66.5 Å². The monoisotopic (exact) mass is 440 g/mol. The van der Waals surface area contributed by atoms with E-state index < -0.39 is 15.9 Å². The summed E-state index contributed by atoms with van der Waals surface area (Å²) in [5, 5.41) is 3.96. The summed E-state index contributed by atoms with van der Waals surface area (Å²) in [7, 11) is -3.53. The molecule has 1 saturated heterocycles. The van der Waals surface area contributed by atoms with Gasteiger partial charge in [-0.25, -0.2) is 12.7 Å². The molecular weight excluding hydrogens is 419 g/mol. The third-order valence-corrected chi connectivity index (χ3v) is 7.37. The molecule has 1 fully saturated rings. The van der Waals surface area contributed by atoms with Crippen molar-refractivity contribution in [3.63, 3.8) is 0 Å². The molecule has 1 heterocycles. The molecule has 0 aliphatic carbocycles. The van der Waals surface area contributed by atoms with E-state index >= 15 is 0 Å². The van der Waals surface area contributed by atoms with Crippen LogP contribution in [0.1, 0.15) is 24.0 Å². The largest absolute Gasteiger partial charge is 0.326 e. The number of nitrogens with one attached hydrogen (secondary N) is 1. The molecule has 0 saturated carbocycles. The number of piperidine rings is 1. The lowest BCUT2D eigenvalue weighted by molar-refractivity contribution is -0.120. The summed E-state index contributed by atoms with van der Waals surface area (Å²) in [6.07, 6.45) is 1.29. The molecule has 1 aliphatic heterocycles. The first kappa shape index (κ1) is 21.1. The van der Waals surface area contributed by atoms with E-state index in [1.54, 1.807) is 42.5 Å². The van der Waals surface area contributed by atoms with Gasteiger partial charge in [0, 0.05) is 28.8 Å². The molecule has 3 rings (SSSR count). The molecule has 0 spiro atoms. The number of carbonyl (C=O) groups is 1. The smallest absolute Gasteiger partial charge is 0.228 e. The van der Waals surface area contributed by atoms with Gasteiger partial charge in [0.15, 0.2) is 0 Å². The standard InChI is InChI=1S/C20H22Cl2N2O3S/c1-14-18(22)8-3-9-19(14)23-20(25)16-6-4-10-24(12-16)28(26,27)13-15-5-2-7-17(21)11-15/h2-3,5,7-9,11,16H,4,6,10,12-13H2,1H3,(H,23,25)/t16-/m1/s1. The van der Waals surface area contributed by atoms with Crippen molar-refractivity contribution >= 4 is 44.8 Å². The summed E-state index contributed by atoms with van der Waals surface area (Å²) in [6.45, 7) is 2.43. The van der Waals surface area contributed by atoms with Gasteiger partial charge in [-0.3, -0.25) is 4.79 Å². The quantitative estimate of drug-likeness (QED) is 0.744. The van der Waals surface area contributed by atoms with E-state index in [0.29, 0.717) is 40.7 Å². The van der Waals surface area contributed by atoms with E-state index in [9.17, 15) is 13.2 Å². The lowest BCUT2D eigenvalue weighted by Crippen LogP contribution is -2.44. The number of benzene rings is 2. The summed E-state index contributed by atoms with van der Waals surface area (Å²) in [6, 6.07) is 12.1. The summed E-state index contributed by atoms with van der Waals surface area (Å²) < 4.78 is 27.1. The first-order valence-electron chi connectivity index (χ1n) is 9.04. The maximum Gasteiger partial charge on any atom is 0.228 e. The van der Waals surface area contributed by atoms with Crippen LogP contribution in [0.4, 0.5) is 5.69 Å². The van der Waals surface area contributed by atoms with Crippen molar-refractivity contribution in [3.05, 3.63) is 63.6 Å². The highest BCUT2D eigenvalue weighted by Gasteiger charge is 2.32. The number of sulfonamides is 1. The zero-order chi connectivity index (χ0) is 20.3. The number of amides is 1. The minimum Gasteiger partial charge on any atom is -0.326 e. The second kappa shape index (κ2) is 8.82. The molecule has 0 unspecified atom stereocenters. The van der Waals surface area contributed by atoms with Crippen LogP contribution in [0.15, 0.2) is 42.5 Å². The summed E-state index contributed by atoms with van der Waals surface area (Å²) >= 11 is 12.1. The van der Waals surface area contributed by atoms with Crippen LogP contribution in [0, 0.1) is 12.8 Å². The van der Waals surface area contributed by atoms with Crippen molar-refractivity contribution in [2.45, 2.75) is 25.5 Å². The Bertz CT molecular complexity index is 979. The molecule has 0 radical (unpaired) electrons. The molecule has 5 nitrogen and oxygen atoms in total. The Hall–Kier alpha value is -1.60. The van der Waals surface area contributed by atoms with Gasteiger partial charge in [0.2, 0.25) is 15.9 Å². The maximum absolute atomic E-state index is 12.8. The molecule has 1 N–H and O–H groups in total. The Morgan fingerprint density at radius 3 is 2.71 bits per heavy atom. The van der Waals surface area contributed by atoms with Crippen LogP contribution in [0.25, 0.3) is 0 Å². The van der Waals surface area contributed by atoms with Gasteiger partial charge in [-0.15, -0.1) is 0 Å². The first-order valence-corrected chi connectivity index (χ1v) is 11.4. The van der Waals surface area contributed by atoms with Crippen LogP contribution in [0.5, 0.6) is 0 Å². The van der Waals surface area contributed by atoms with Gasteiger partial charge >= 0.3 is 0 Å². The lowest BCUT2D eigenvalue weighted by atomic mass is 9.98. The average molecular weight is 441 g/mol. The van der Waals surface area contributed by atoms with Crippen LogP contribution in [-0.2, 0) is 20.6 Å². The van der Waals surface area contributed by atoms with Crippen molar-refractivity contribution in [1.82, 2.24) is 4.31 Å². The van der Waals surface area contributed by atoms with E-state index in [4.69, 9.17) is 23.2 Å². The van der Waals surface area contributed by atoms with Gasteiger partial charge in [0.25, 0.3) is 0 Å². The minimum atomic E-state index is -3.53. The van der Waals surface area contributed by atoms with Crippen molar-refractivity contribution in [1.29, 1.82) is 0 Å². The van der Waals surface area contributed by atoms with Gasteiger partial charge in [-0.1, -0.05) is 41.4 Å². The van der Waals surface area contributed by atoms with Crippen molar-refractivity contribution in [2.75, 3.05) is 18.4 Å². The predicted octanol–water partition coefficient (Wildman–Crippen LogP) is 4.48. The van der Waals surface area contributed by atoms with Gasteiger partial charge in [0.1, 0.15) is 0 Å². The lowest BCUT2D eigenvalue weighted by Gasteiger charge is -2.31. The molecule has 2 aromatic rings. The highest BCUT2D eigenvalue weighted by molar-refractivity contribution is 7.88. The molecule has 28 heavy (non-hydrogen) atoms. The van der Waals surface area contributed by atoms with Crippen molar-refractivity contribution in [3.8, 4) is 0 Å². The fourth-order valence-corrected chi connectivity index (χ4v) is 5.30. The Kier molecular flexibility index (Phi) is 6.65. The third kappa shape index (κ3) is 5.06. The Balaban J connectivity index is 1.69. The van der Waals surface area contributed by atoms with E-state index in [1.807, 2.05) is 6.92 Å². The molecule has 8 heteroatoms. The number of hydrogen-bond donors (Lipinski definition) is 1. The van der Waals surface area contributed by atoms with Gasteiger partial charge in [-0.2, -0.15) is 0 Å². The number of nitrogens with zero attached hydrogens (tertiary/aromatic N) is 1. The normalized spacial score (nSPS) is 18.0. The molecule has 1 atom stereocenters. The highest BCUT2D eigenvalue weighted by Crippen LogP contribution is 2.26. The molecular formula is C20H22Cl2N2O3S. The van der Waals surface area contributed by atoms with E-state index in [1.165, 1.54) is 4.31 Å². The minimum absolute atomic E-state index is 0.130. The van der Waals surface area contributed by atoms with Crippen molar-refractivity contribution in [2.24, 2.45) is 5.92 Å². The SMILES string of the molecule is Cc1c(Cl)cccc1NC(=O)[C@@H]1CCCN(S(=O)(=O)Cc2cccc(Cl)c2)C1. The first-order chi connectivity index (χ1) is 13.3. The average Bonchev–Trinajstić information content (AvgIpc) is 2.65. The summed E-state index contributed by atoms with van der Waals surface area (Å²) in [5.74, 6) is -0.718. The number of rotatable bonds is 5. The van der Waals surface area contributed by atoms with Crippen molar-refractivity contribution < 1.29 is 13.2 Å². The fraction of sp³-hybridized carbons (Fsp3) is 0.350. The number of carbonyl (C=O) groups excluding carboxylic acids is 1.